The standard InChI is InChI=1S/C48H61N7O13S/c1-29-4-8-39-30(2)45(65-46-48(39)38(29)10-14-47(3,66-46)67-68-48)63-21-18-53-16-17-54(27-34(53)28-56)33-5-7-37(42(23-33)64-35-22-32-11-15-49-43(32)51-26-35)44(57)52-69(60,61)36-6-9-40(41(24-36)55(58)59)50-25-31-12-19-62-20-13-31/h5-7,9,11,15,22-24,26,29-31,34,38-39,45-46,50,56H,4,8,10,12-14,16-21,25,27-28H2,1-3H3,(H,49,51)(H,52,57)/t29-,30-,34-,38+,39+,45?,46-,47-,48-/m1/s1. The highest BCUT2D eigenvalue weighted by Gasteiger charge is 2.69. The first kappa shape index (κ1) is 47.7. The van der Waals surface area contributed by atoms with E-state index in [4.69, 9.17) is 33.5 Å². The topological polar surface area (TPSA) is 238 Å². The second-order valence-electron chi connectivity index (χ2n) is 19.6. The van der Waals surface area contributed by atoms with Gasteiger partial charge in [0.15, 0.2) is 18.2 Å². The lowest BCUT2D eigenvalue weighted by molar-refractivity contribution is -0.577. The van der Waals surface area contributed by atoms with Crippen molar-refractivity contribution in [3.63, 3.8) is 0 Å². The summed E-state index contributed by atoms with van der Waals surface area (Å²) in [5.41, 5.74) is 0.252. The smallest absolute Gasteiger partial charge is 0.293 e. The molecule has 1 spiro atoms. The van der Waals surface area contributed by atoms with Crippen molar-refractivity contribution in [1.82, 2.24) is 19.6 Å². The molecule has 69 heavy (non-hydrogen) atoms. The molecule has 2 aromatic heterocycles. The number of nitrogens with one attached hydrogen (secondary N) is 3. The van der Waals surface area contributed by atoms with E-state index in [-0.39, 0.29) is 53.3 Å². The number of amides is 1. The van der Waals surface area contributed by atoms with E-state index in [2.05, 4.69) is 43.7 Å². The largest absolute Gasteiger partial charge is 0.455 e. The van der Waals surface area contributed by atoms with Gasteiger partial charge in [-0.2, -0.15) is 0 Å². The zero-order valence-corrected chi connectivity index (χ0v) is 39.9. The molecule has 0 radical (unpaired) electrons. The molecule has 1 amide bonds. The number of carbonyl (C=O) groups excluding carboxylic acids is 1. The predicted molar refractivity (Wildman–Crippen MR) is 250 cm³/mol. The molecule has 9 atom stereocenters. The second kappa shape index (κ2) is 19.3. The highest BCUT2D eigenvalue weighted by atomic mass is 32.2. The van der Waals surface area contributed by atoms with Crippen molar-refractivity contribution in [2.24, 2.45) is 29.6 Å². The van der Waals surface area contributed by atoms with Crippen molar-refractivity contribution in [3.05, 3.63) is 76.6 Å². The maximum atomic E-state index is 14.0. The van der Waals surface area contributed by atoms with E-state index in [0.717, 1.165) is 50.0 Å². The second-order valence-corrected chi connectivity index (χ2v) is 21.3. The Hall–Kier alpha value is -4.97. The van der Waals surface area contributed by atoms with Gasteiger partial charge in [0.1, 0.15) is 22.8 Å². The third-order valence-corrected chi connectivity index (χ3v) is 16.7. The number of H-pyrrole nitrogens is 1. The van der Waals surface area contributed by atoms with Crippen molar-refractivity contribution >= 4 is 44.0 Å². The van der Waals surface area contributed by atoms with Gasteiger partial charge in [-0.05, 0) is 93.2 Å². The number of aromatic nitrogens is 2. The Balaban J connectivity index is 0.823. The Morgan fingerprint density at radius 1 is 1.04 bits per heavy atom. The van der Waals surface area contributed by atoms with Crippen LogP contribution in [-0.2, 0) is 38.7 Å². The predicted octanol–water partition coefficient (Wildman–Crippen LogP) is 5.93. The molecule has 4 aromatic rings. The molecular weight excluding hydrogens is 915 g/mol. The summed E-state index contributed by atoms with van der Waals surface area (Å²) in [5.74, 6) is -0.413. The number of nitrogens with zero attached hydrogens (tertiary/aromatic N) is 4. The van der Waals surface area contributed by atoms with E-state index in [1.807, 2.05) is 13.0 Å². The molecule has 372 valence electrons. The van der Waals surface area contributed by atoms with Gasteiger partial charge in [0, 0.05) is 93.6 Å². The number of aliphatic hydroxyl groups is 1. The number of anilines is 2. The lowest BCUT2D eigenvalue weighted by Crippen LogP contribution is -2.70. The first-order valence-electron chi connectivity index (χ1n) is 24.1. The molecule has 1 saturated carbocycles. The molecular formula is C48H61N7O13S. The summed E-state index contributed by atoms with van der Waals surface area (Å²) in [7, 11) is -4.61. The number of fused-ring (bicyclic) bond motifs is 3. The number of pyridine rings is 1. The first-order valence-corrected chi connectivity index (χ1v) is 25.6. The molecule has 6 saturated heterocycles. The normalized spacial score (nSPS) is 30.7. The minimum absolute atomic E-state index is 0.0291. The molecule has 20 nitrogen and oxygen atoms in total. The number of rotatable bonds is 15. The first-order chi connectivity index (χ1) is 33.2. The Labute approximate surface area is 400 Å². The lowest BCUT2D eigenvalue weighted by Gasteiger charge is -2.60. The van der Waals surface area contributed by atoms with E-state index >= 15 is 0 Å². The summed E-state index contributed by atoms with van der Waals surface area (Å²) < 4.78 is 60.9. The summed E-state index contributed by atoms with van der Waals surface area (Å²) in [6, 6.07) is 11.6. The minimum Gasteiger partial charge on any atom is -0.455 e. The molecule has 2 bridgehead atoms. The van der Waals surface area contributed by atoms with Crippen molar-refractivity contribution in [2.45, 2.75) is 94.2 Å². The van der Waals surface area contributed by atoms with Gasteiger partial charge in [-0.25, -0.2) is 27.9 Å². The van der Waals surface area contributed by atoms with E-state index in [9.17, 15) is 28.4 Å². The van der Waals surface area contributed by atoms with Crippen molar-refractivity contribution in [2.75, 3.05) is 69.4 Å². The third kappa shape index (κ3) is 9.40. The van der Waals surface area contributed by atoms with Crippen LogP contribution in [0.25, 0.3) is 11.0 Å². The number of piperazine rings is 1. The fourth-order valence-corrected chi connectivity index (χ4v) is 12.4. The fraction of sp³-hybridized carbons (Fsp3) is 0.583. The third-order valence-electron chi connectivity index (χ3n) is 15.4. The Morgan fingerprint density at radius 3 is 2.70 bits per heavy atom. The van der Waals surface area contributed by atoms with E-state index in [0.29, 0.717) is 75.5 Å². The number of nitro groups is 1. The van der Waals surface area contributed by atoms with Crippen LogP contribution in [-0.4, -0.2) is 128 Å². The summed E-state index contributed by atoms with van der Waals surface area (Å²) in [6.45, 7) is 10.4. The molecule has 7 fully saturated rings. The van der Waals surface area contributed by atoms with Crippen LogP contribution in [0.1, 0.15) is 69.7 Å². The Morgan fingerprint density at radius 2 is 1.88 bits per heavy atom. The maximum Gasteiger partial charge on any atom is 0.293 e. The summed E-state index contributed by atoms with van der Waals surface area (Å²) in [4.78, 5) is 49.0. The van der Waals surface area contributed by atoms with Crippen LogP contribution in [0.15, 0.2) is 65.8 Å². The highest BCUT2D eigenvalue weighted by Crippen LogP contribution is 2.60. The molecule has 21 heteroatoms. The lowest BCUT2D eigenvalue weighted by atomic mass is 9.58. The zero-order valence-electron chi connectivity index (χ0n) is 39.0. The minimum atomic E-state index is -4.61. The molecule has 1 unspecified atom stereocenters. The molecule has 7 aliphatic rings. The molecule has 11 rings (SSSR count). The molecule has 6 aliphatic heterocycles. The number of ether oxygens (including phenoxy) is 5. The van der Waals surface area contributed by atoms with Crippen LogP contribution in [0.2, 0.25) is 0 Å². The van der Waals surface area contributed by atoms with Gasteiger partial charge in [0.05, 0.1) is 40.8 Å². The van der Waals surface area contributed by atoms with Gasteiger partial charge in [-0.3, -0.25) is 19.8 Å². The number of hydrogen-bond donors (Lipinski definition) is 4. The Bertz CT molecular complexity index is 2650. The van der Waals surface area contributed by atoms with Crippen LogP contribution in [0.5, 0.6) is 11.5 Å². The van der Waals surface area contributed by atoms with Crippen molar-refractivity contribution in [1.29, 1.82) is 0 Å². The van der Waals surface area contributed by atoms with Gasteiger partial charge < -0.3 is 44.0 Å². The Kier molecular flexibility index (Phi) is 13.4. The maximum absolute atomic E-state index is 14.0. The number of aromatic amines is 1. The quantitative estimate of drug-likeness (QED) is 0.0614. The summed E-state index contributed by atoms with van der Waals surface area (Å²) >= 11 is 0. The highest BCUT2D eigenvalue weighted by molar-refractivity contribution is 7.90. The van der Waals surface area contributed by atoms with Crippen LogP contribution in [0.4, 0.5) is 17.1 Å². The average molecular weight is 976 g/mol. The number of nitro benzene ring substituents is 1. The monoisotopic (exact) mass is 975 g/mol. The summed E-state index contributed by atoms with van der Waals surface area (Å²) in [5, 5.41) is 26.7. The molecule has 2 aromatic carbocycles. The van der Waals surface area contributed by atoms with Crippen molar-refractivity contribution < 1.29 is 56.7 Å². The van der Waals surface area contributed by atoms with Crippen LogP contribution >= 0.6 is 0 Å². The van der Waals surface area contributed by atoms with Crippen LogP contribution < -0.4 is 19.7 Å². The van der Waals surface area contributed by atoms with E-state index < -0.39 is 55.4 Å². The van der Waals surface area contributed by atoms with Gasteiger partial charge >= 0.3 is 0 Å². The number of hydrogen-bond acceptors (Lipinski definition) is 17. The summed E-state index contributed by atoms with van der Waals surface area (Å²) in [6.07, 6.45) is 7.45. The molecule has 1 aliphatic carbocycles. The zero-order chi connectivity index (χ0) is 48.1. The van der Waals surface area contributed by atoms with Crippen LogP contribution in [0.3, 0.4) is 0 Å². The van der Waals surface area contributed by atoms with Gasteiger partial charge in [0.25, 0.3) is 21.6 Å². The molecule has 8 heterocycles. The fourth-order valence-electron chi connectivity index (χ4n) is 11.4. The number of benzene rings is 2. The average Bonchev–Trinajstić information content (AvgIpc) is 3.70. The van der Waals surface area contributed by atoms with Gasteiger partial charge in [-0.15, -0.1) is 0 Å². The van der Waals surface area contributed by atoms with Crippen LogP contribution in [0, 0.1) is 39.7 Å². The van der Waals surface area contributed by atoms with Gasteiger partial charge in [-0.1, -0.05) is 13.8 Å². The van der Waals surface area contributed by atoms with Crippen molar-refractivity contribution in [3.8, 4) is 11.5 Å². The molecule has 4 N–H and O–H groups in total. The number of carbonyl (C=O) groups is 1. The number of aliphatic hydroxyl groups excluding tert-OH is 1. The van der Waals surface area contributed by atoms with E-state index in [1.165, 1.54) is 24.4 Å². The van der Waals surface area contributed by atoms with Gasteiger partial charge in [0.2, 0.25) is 5.79 Å². The van der Waals surface area contributed by atoms with E-state index in [1.54, 1.807) is 24.4 Å². The number of sulfonamides is 1. The SMILES string of the molecule is C[C@@H]1CC[C@H]2[C@@H](C)C(OCCN3CCN(c4ccc(C(=O)NS(=O)(=O)c5ccc(NCC6CCOCC6)c([N+](=O)[O-])c5)c(Oc5cnc6[nH]ccc6c5)c4)C[C@@H]3CO)O[C@@H]3O[C@@]4(C)CC[C@@H]1[C@]32OO4.